The third-order valence-electron chi connectivity index (χ3n) is 4.09. The summed E-state index contributed by atoms with van der Waals surface area (Å²) >= 11 is 6.07. The number of hydrogen-bond donors (Lipinski definition) is 0. The second-order valence-electron chi connectivity index (χ2n) is 6.46. The fourth-order valence-electron chi connectivity index (χ4n) is 3.00. The van der Waals surface area contributed by atoms with E-state index in [2.05, 4.69) is 0 Å². The first-order valence-corrected chi connectivity index (χ1v) is 9.91. The summed E-state index contributed by atoms with van der Waals surface area (Å²) in [5.41, 5.74) is 1.73. The molecule has 3 rings (SSSR count). The largest absolute Gasteiger partial charge is 0.451 e. The lowest BCUT2D eigenvalue weighted by atomic mass is 9.87. The molecule has 0 aliphatic carbocycles. The van der Waals surface area contributed by atoms with E-state index in [-0.39, 0.29) is 4.90 Å². The van der Waals surface area contributed by atoms with Gasteiger partial charge in [0.05, 0.1) is 10.5 Å². The number of halogens is 1. The molecule has 2 aromatic carbocycles. The van der Waals surface area contributed by atoms with Crippen molar-refractivity contribution in [2.24, 2.45) is 0 Å². The Balaban J connectivity index is 2.22. The smallest absolute Gasteiger partial charge is 0.340 e. The Hall–Kier alpha value is -2.11. The number of hydrogen-bond acceptors (Lipinski definition) is 4. The minimum Gasteiger partial charge on any atom is -0.451 e. The third-order valence-corrected chi connectivity index (χ3v) is 5.45. The van der Waals surface area contributed by atoms with Crippen LogP contribution in [-0.2, 0) is 19.4 Å². The van der Waals surface area contributed by atoms with Gasteiger partial charge in [-0.25, -0.2) is 13.2 Å². The fraction of sp³-hybridized carbons (Fsp3) is 0.211. The van der Waals surface area contributed by atoms with Crippen molar-refractivity contribution in [1.29, 1.82) is 0 Å². The molecular weight excluding hydrogens is 360 g/mol. The lowest BCUT2D eigenvalue weighted by molar-refractivity contribution is -0.141. The normalized spacial score (nSPS) is 16.9. The van der Waals surface area contributed by atoms with E-state index in [1.165, 1.54) is 12.1 Å². The van der Waals surface area contributed by atoms with Gasteiger partial charge >= 0.3 is 5.97 Å². The highest BCUT2D eigenvalue weighted by Gasteiger charge is 2.41. The maximum atomic E-state index is 12.5. The molecule has 0 fully saturated rings. The van der Waals surface area contributed by atoms with E-state index < -0.39 is 21.4 Å². The fourth-order valence-corrected chi connectivity index (χ4v) is 3.82. The van der Waals surface area contributed by atoms with Crippen molar-refractivity contribution in [2.75, 3.05) is 6.26 Å². The average Bonchev–Trinajstić information content (AvgIpc) is 2.75. The quantitative estimate of drug-likeness (QED) is 0.760. The van der Waals surface area contributed by atoms with Crippen molar-refractivity contribution in [3.63, 3.8) is 0 Å². The van der Waals surface area contributed by atoms with Gasteiger partial charge in [0.2, 0.25) is 0 Å². The summed E-state index contributed by atoms with van der Waals surface area (Å²) in [4.78, 5) is 12.7. The Morgan fingerprint density at radius 2 is 1.64 bits per heavy atom. The molecule has 1 heterocycles. The molecule has 25 heavy (non-hydrogen) atoms. The van der Waals surface area contributed by atoms with E-state index in [4.69, 9.17) is 16.3 Å². The van der Waals surface area contributed by atoms with Gasteiger partial charge in [0, 0.05) is 16.9 Å². The van der Waals surface area contributed by atoms with Crippen LogP contribution in [0.1, 0.15) is 25.0 Å². The SMILES string of the molecule is CC1(C)OC(=O)C(c2cccc(Cl)c2)=C1c1ccc(S(C)(=O)=O)cc1. The lowest BCUT2D eigenvalue weighted by Crippen LogP contribution is -2.22. The minimum atomic E-state index is -3.29. The van der Waals surface area contributed by atoms with Crippen molar-refractivity contribution in [3.05, 3.63) is 64.7 Å². The number of cyclic esters (lactones) is 1. The van der Waals surface area contributed by atoms with E-state index in [1.54, 1.807) is 36.4 Å². The van der Waals surface area contributed by atoms with Crippen LogP contribution in [0.15, 0.2) is 53.4 Å². The average molecular weight is 377 g/mol. The number of sulfone groups is 1. The van der Waals surface area contributed by atoms with Crippen molar-refractivity contribution in [1.82, 2.24) is 0 Å². The molecule has 2 aromatic rings. The number of ether oxygens (including phenoxy) is 1. The molecule has 1 aliphatic rings. The van der Waals surface area contributed by atoms with Gasteiger partial charge < -0.3 is 4.74 Å². The highest BCUT2D eigenvalue weighted by molar-refractivity contribution is 7.90. The number of carbonyl (C=O) groups excluding carboxylic acids is 1. The van der Waals surface area contributed by atoms with Crippen molar-refractivity contribution < 1.29 is 17.9 Å². The van der Waals surface area contributed by atoms with Gasteiger partial charge in [-0.2, -0.15) is 0 Å². The molecule has 6 heteroatoms. The van der Waals surface area contributed by atoms with Crippen LogP contribution in [0.5, 0.6) is 0 Å². The topological polar surface area (TPSA) is 60.4 Å². The lowest BCUT2D eigenvalue weighted by Gasteiger charge is -2.21. The van der Waals surface area contributed by atoms with E-state index >= 15 is 0 Å². The van der Waals surface area contributed by atoms with Gasteiger partial charge in [-0.1, -0.05) is 35.9 Å². The molecule has 0 unspecified atom stereocenters. The molecule has 0 amide bonds. The van der Waals surface area contributed by atoms with Crippen LogP contribution in [0.2, 0.25) is 5.02 Å². The van der Waals surface area contributed by atoms with Crippen LogP contribution >= 0.6 is 11.6 Å². The van der Waals surface area contributed by atoms with Gasteiger partial charge in [-0.05, 0) is 49.2 Å². The summed E-state index contributed by atoms with van der Waals surface area (Å²) < 4.78 is 28.9. The summed E-state index contributed by atoms with van der Waals surface area (Å²) in [5, 5.41) is 0.522. The Kier molecular flexibility index (Phi) is 4.25. The maximum absolute atomic E-state index is 12.5. The van der Waals surface area contributed by atoms with Gasteiger partial charge in [0.1, 0.15) is 5.60 Å². The van der Waals surface area contributed by atoms with Crippen molar-refractivity contribution in [2.45, 2.75) is 24.3 Å². The van der Waals surface area contributed by atoms with Crippen LogP contribution < -0.4 is 0 Å². The number of benzene rings is 2. The maximum Gasteiger partial charge on any atom is 0.340 e. The molecule has 1 aliphatic heterocycles. The van der Waals surface area contributed by atoms with Crippen LogP contribution in [0, 0.1) is 0 Å². The third kappa shape index (κ3) is 3.34. The minimum absolute atomic E-state index is 0.226. The molecule has 0 aromatic heterocycles. The molecule has 0 radical (unpaired) electrons. The molecule has 0 N–H and O–H groups in total. The van der Waals surface area contributed by atoms with E-state index in [9.17, 15) is 13.2 Å². The van der Waals surface area contributed by atoms with E-state index in [1.807, 2.05) is 13.8 Å². The summed E-state index contributed by atoms with van der Waals surface area (Å²) in [6, 6.07) is 13.5. The zero-order valence-electron chi connectivity index (χ0n) is 14.0. The van der Waals surface area contributed by atoms with Crippen LogP contribution in [0.4, 0.5) is 0 Å². The summed E-state index contributed by atoms with van der Waals surface area (Å²) in [5.74, 6) is -0.422. The Morgan fingerprint density at radius 3 is 2.20 bits per heavy atom. The second kappa shape index (κ2) is 6.00. The second-order valence-corrected chi connectivity index (χ2v) is 8.91. The molecule has 130 valence electrons. The zero-order chi connectivity index (χ0) is 18.4. The van der Waals surface area contributed by atoms with Gasteiger partial charge in [-0.15, -0.1) is 0 Å². The summed E-state index contributed by atoms with van der Waals surface area (Å²) in [6.07, 6.45) is 1.16. The first kappa shape index (κ1) is 17.7. The van der Waals surface area contributed by atoms with Gasteiger partial charge in [0.25, 0.3) is 0 Å². The predicted octanol–water partition coefficient (Wildman–Crippen LogP) is 3.99. The summed E-state index contributed by atoms with van der Waals surface area (Å²) in [7, 11) is -3.29. The Labute approximate surface area is 152 Å². The molecular formula is C19H17ClO4S. The molecule has 0 saturated heterocycles. The van der Waals surface area contributed by atoms with Gasteiger partial charge in [-0.3, -0.25) is 0 Å². The van der Waals surface area contributed by atoms with Gasteiger partial charge in [0.15, 0.2) is 9.84 Å². The number of rotatable bonds is 3. The first-order chi connectivity index (χ1) is 11.6. The standard InChI is InChI=1S/C19H17ClO4S/c1-19(2)17(12-7-9-15(10-8-12)25(3,22)23)16(18(21)24-19)13-5-4-6-14(20)11-13/h4-11H,1-3H3. The monoisotopic (exact) mass is 376 g/mol. The Bertz CT molecular complexity index is 986. The number of esters is 1. The molecule has 0 spiro atoms. The molecule has 0 saturated carbocycles. The Morgan fingerprint density at radius 1 is 1.00 bits per heavy atom. The van der Waals surface area contributed by atoms with Crippen molar-refractivity contribution >= 4 is 38.6 Å². The zero-order valence-corrected chi connectivity index (χ0v) is 15.6. The highest BCUT2D eigenvalue weighted by atomic mass is 35.5. The van der Waals surface area contributed by atoms with Crippen LogP contribution in [-0.4, -0.2) is 26.2 Å². The number of carbonyl (C=O) groups is 1. The van der Waals surface area contributed by atoms with E-state index in [0.717, 1.165) is 11.8 Å². The molecule has 0 bridgehead atoms. The molecule has 4 nitrogen and oxygen atoms in total. The molecule has 0 atom stereocenters. The summed E-state index contributed by atoms with van der Waals surface area (Å²) in [6.45, 7) is 3.62. The first-order valence-electron chi connectivity index (χ1n) is 7.64. The van der Waals surface area contributed by atoms with Crippen LogP contribution in [0.25, 0.3) is 11.1 Å². The predicted molar refractivity (Wildman–Crippen MR) is 98.0 cm³/mol. The van der Waals surface area contributed by atoms with Crippen molar-refractivity contribution in [3.8, 4) is 0 Å². The van der Waals surface area contributed by atoms with E-state index in [0.29, 0.717) is 21.7 Å². The highest BCUT2D eigenvalue weighted by Crippen LogP contribution is 2.44. The van der Waals surface area contributed by atoms with Crippen LogP contribution in [0.3, 0.4) is 0 Å².